The molecule has 4 N–H and O–H groups in total. The van der Waals surface area contributed by atoms with Crippen LogP contribution in [-0.4, -0.2) is 18.0 Å². The van der Waals surface area contributed by atoms with Gasteiger partial charge in [0.15, 0.2) is 0 Å². The van der Waals surface area contributed by atoms with Crippen LogP contribution in [0.3, 0.4) is 0 Å². The Morgan fingerprint density at radius 1 is 1.12 bits per heavy atom. The molecule has 0 saturated heterocycles. The summed E-state index contributed by atoms with van der Waals surface area (Å²) >= 11 is 0. The van der Waals surface area contributed by atoms with Gasteiger partial charge < -0.3 is 16.4 Å². The lowest BCUT2D eigenvalue weighted by Gasteiger charge is -2.22. The van der Waals surface area contributed by atoms with E-state index in [0.717, 1.165) is 18.5 Å². The Bertz CT molecular complexity index is 816. The zero-order valence-corrected chi connectivity index (χ0v) is 14.5. The minimum atomic E-state index is -0.690. The summed E-state index contributed by atoms with van der Waals surface area (Å²) in [5.74, 6) is -0.255. The third-order valence-electron chi connectivity index (χ3n) is 4.85. The molecule has 0 bridgehead atoms. The lowest BCUT2D eigenvalue weighted by atomic mass is 9.98. The molecule has 2 aromatic carbocycles. The van der Waals surface area contributed by atoms with Crippen molar-refractivity contribution >= 4 is 17.6 Å². The van der Waals surface area contributed by atoms with Crippen molar-refractivity contribution in [1.29, 1.82) is 0 Å². The van der Waals surface area contributed by atoms with Crippen LogP contribution in [-0.2, 0) is 11.2 Å². The highest BCUT2D eigenvalue weighted by Gasteiger charge is 2.26. The zero-order chi connectivity index (χ0) is 18.0. The first-order chi connectivity index (χ1) is 12.0. The fourth-order valence-electron chi connectivity index (χ4n) is 3.30. The Morgan fingerprint density at radius 3 is 2.56 bits per heavy atom. The maximum absolute atomic E-state index is 12.6. The lowest BCUT2D eigenvalue weighted by Crippen LogP contribution is -2.49. The molecule has 1 aliphatic carbocycles. The van der Waals surface area contributed by atoms with Crippen LogP contribution >= 0.6 is 0 Å². The summed E-state index contributed by atoms with van der Waals surface area (Å²) < 4.78 is 0. The first-order valence-corrected chi connectivity index (χ1v) is 8.57. The molecule has 3 rings (SSSR count). The molecule has 0 saturated carbocycles. The summed E-state index contributed by atoms with van der Waals surface area (Å²) in [6.07, 6.45) is 1.63. The Kier molecular flexibility index (Phi) is 4.74. The Hall–Kier alpha value is -2.82. The molecule has 130 valence electrons. The van der Waals surface area contributed by atoms with Crippen LogP contribution < -0.4 is 16.4 Å². The number of amides is 3. The molecular formula is C20H23N3O2. The zero-order valence-electron chi connectivity index (χ0n) is 14.5. The number of benzene rings is 2. The molecule has 0 spiro atoms. The molecule has 0 unspecified atom stereocenters. The summed E-state index contributed by atoms with van der Waals surface area (Å²) in [5, 5.41) is 5.45. The van der Waals surface area contributed by atoms with Gasteiger partial charge in [0.05, 0.1) is 0 Å². The number of hydrogen-bond donors (Lipinski definition) is 3. The van der Waals surface area contributed by atoms with Gasteiger partial charge >= 0.3 is 6.03 Å². The first-order valence-electron chi connectivity index (χ1n) is 8.57. The Labute approximate surface area is 147 Å². The second-order valence-corrected chi connectivity index (χ2v) is 6.57. The van der Waals surface area contributed by atoms with Crippen LogP contribution in [0.2, 0.25) is 0 Å². The van der Waals surface area contributed by atoms with Crippen molar-refractivity contribution in [1.82, 2.24) is 5.32 Å². The van der Waals surface area contributed by atoms with Crippen molar-refractivity contribution in [2.45, 2.75) is 32.7 Å². The van der Waals surface area contributed by atoms with Crippen LogP contribution in [0, 0.1) is 5.92 Å². The summed E-state index contributed by atoms with van der Waals surface area (Å²) in [6, 6.07) is 12.9. The Balaban J connectivity index is 1.78. The SMILES string of the molecule is CC[C@H](C)[C@H](NC(N)=O)C(=O)Nc1ccc2c(c1)Cc1ccccc1-2. The second-order valence-electron chi connectivity index (χ2n) is 6.57. The molecule has 0 aliphatic heterocycles. The van der Waals surface area contributed by atoms with Gasteiger partial charge in [-0.2, -0.15) is 0 Å². The van der Waals surface area contributed by atoms with Crippen molar-refractivity contribution < 1.29 is 9.59 Å². The highest BCUT2D eigenvalue weighted by atomic mass is 16.2. The third kappa shape index (κ3) is 3.50. The number of primary amides is 1. The number of urea groups is 1. The van der Waals surface area contributed by atoms with Gasteiger partial charge in [0.1, 0.15) is 6.04 Å². The number of carbonyl (C=O) groups is 2. The Morgan fingerprint density at radius 2 is 1.84 bits per heavy atom. The quantitative estimate of drug-likeness (QED) is 0.667. The minimum absolute atomic E-state index is 0.00816. The van der Waals surface area contributed by atoms with Crippen molar-refractivity contribution in [2.75, 3.05) is 5.32 Å². The molecule has 5 heteroatoms. The molecule has 2 atom stereocenters. The van der Waals surface area contributed by atoms with Crippen molar-refractivity contribution in [3.63, 3.8) is 0 Å². The molecule has 2 aromatic rings. The average molecular weight is 337 g/mol. The van der Waals surface area contributed by atoms with Gasteiger partial charge in [0, 0.05) is 5.69 Å². The van der Waals surface area contributed by atoms with Crippen LogP contribution in [0.1, 0.15) is 31.4 Å². The molecule has 1 aliphatic rings. The molecule has 0 radical (unpaired) electrons. The molecule has 25 heavy (non-hydrogen) atoms. The van der Waals surface area contributed by atoms with Gasteiger partial charge in [-0.25, -0.2) is 4.79 Å². The predicted octanol–water partition coefficient (Wildman–Crippen LogP) is 3.28. The molecule has 0 heterocycles. The van der Waals surface area contributed by atoms with Gasteiger partial charge in [0.2, 0.25) is 5.91 Å². The van der Waals surface area contributed by atoms with E-state index in [2.05, 4.69) is 22.8 Å². The van der Waals surface area contributed by atoms with E-state index in [1.54, 1.807) is 0 Å². The van der Waals surface area contributed by atoms with E-state index in [4.69, 9.17) is 5.73 Å². The van der Waals surface area contributed by atoms with E-state index >= 15 is 0 Å². The van der Waals surface area contributed by atoms with Gasteiger partial charge in [0.25, 0.3) is 0 Å². The molecule has 5 nitrogen and oxygen atoms in total. The first kappa shape index (κ1) is 17.0. The van der Waals surface area contributed by atoms with E-state index < -0.39 is 12.1 Å². The normalized spacial score (nSPS) is 14.2. The smallest absolute Gasteiger partial charge is 0.312 e. The fourth-order valence-corrected chi connectivity index (χ4v) is 3.30. The summed E-state index contributed by atoms with van der Waals surface area (Å²) in [6.45, 7) is 3.89. The number of nitrogens with two attached hydrogens (primary N) is 1. The maximum Gasteiger partial charge on any atom is 0.312 e. The lowest BCUT2D eigenvalue weighted by molar-refractivity contribution is -0.119. The summed E-state index contributed by atoms with van der Waals surface area (Å²) in [4.78, 5) is 23.8. The average Bonchev–Trinajstić information content (AvgIpc) is 2.96. The number of hydrogen-bond acceptors (Lipinski definition) is 2. The van der Waals surface area contributed by atoms with Crippen LogP contribution in [0.25, 0.3) is 11.1 Å². The highest BCUT2D eigenvalue weighted by molar-refractivity contribution is 5.97. The predicted molar refractivity (Wildman–Crippen MR) is 99.3 cm³/mol. The highest BCUT2D eigenvalue weighted by Crippen LogP contribution is 2.37. The van der Waals surface area contributed by atoms with Gasteiger partial charge in [-0.1, -0.05) is 50.6 Å². The number of anilines is 1. The van der Waals surface area contributed by atoms with Crippen LogP contribution in [0.5, 0.6) is 0 Å². The van der Waals surface area contributed by atoms with Crippen molar-refractivity contribution in [3.05, 3.63) is 53.6 Å². The third-order valence-corrected chi connectivity index (χ3v) is 4.85. The van der Waals surface area contributed by atoms with Crippen molar-refractivity contribution in [2.24, 2.45) is 11.7 Å². The van der Waals surface area contributed by atoms with Gasteiger partial charge in [-0.05, 0) is 46.7 Å². The number of rotatable bonds is 5. The number of carbonyl (C=O) groups excluding carboxylic acids is 2. The monoisotopic (exact) mass is 337 g/mol. The maximum atomic E-state index is 12.6. The number of fused-ring (bicyclic) bond motifs is 3. The molecule has 3 amide bonds. The summed E-state index contributed by atoms with van der Waals surface area (Å²) in [7, 11) is 0. The van der Waals surface area contributed by atoms with Gasteiger partial charge in [-0.3, -0.25) is 4.79 Å². The second kappa shape index (κ2) is 6.97. The fraction of sp³-hybridized carbons (Fsp3) is 0.300. The molecule has 0 fully saturated rings. The molecular weight excluding hydrogens is 314 g/mol. The number of nitrogens with one attached hydrogen (secondary N) is 2. The van der Waals surface area contributed by atoms with E-state index in [1.807, 2.05) is 44.2 Å². The standard InChI is InChI=1S/C20H23N3O2/c1-3-12(2)18(23-20(21)25)19(24)22-15-8-9-17-14(11-15)10-13-6-4-5-7-16(13)17/h4-9,11-12,18H,3,10H2,1-2H3,(H,22,24)(H3,21,23,25)/t12-,18-/m0/s1. The van der Waals surface area contributed by atoms with Crippen LogP contribution in [0.4, 0.5) is 10.5 Å². The van der Waals surface area contributed by atoms with E-state index in [0.29, 0.717) is 0 Å². The van der Waals surface area contributed by atoms with Gasteiger partial charge in [-0.15, -0.1) is 0 Å². The van der Waals surface area contributed by atoms with E-state index in [1.165, 1.54) is 22.3 Å². The largest absolute Gasteiger partial charge is 0.352 e. The summed E-state index contributed by atoms with van der Waals surface area (Å²) in [5.41, 5.74) is 10.9. The minimum Gasteiger partial charge on any atom is -0.352 e. The van der Waals surface area contributed by atoms with Crippen LogP contribution in [0.15, 0.2) is 42.5 Å². The molecule has 0 aromatic heterocycles. The van der Waals surface area contributed by atoms with E-state index in [9.17, 15) is 9.59 Å². The van der Waals surface area contributed by atoms with Crippen molar-refractivity contribution in [3.8, 4) is 11.1 Å². The van der Waals surface area contributed by atoms with E-state index in [-0.39, 0.29) is 11.8 Å². The topological polar surface area (TPSA) is 84.2 Å².